The van der Waals surface area contributed by atoms with Gasteiger partial charge in [-0.1, -0.05) is 43.2 Å². The zero-order valence-corrected chi connectivity index (χ0v) is 14.5. The lowest BCUT2D eigenvalue weighted by molar-refractivity contribution is -0.151. The first kappa shape index (κ1) is 18.8. The van der Waals surface area contributed by atoms with Gasteiger partial charge in [0.15, 0.2) is 0 Å². The van der Waals surface area contributed by atoms with Crippen molar-refractivity contribution < 1.29 is 23.9 Å². The van der Waals surface area contributed by atoms with E-state index in [4.69, 9.17) is 9.47 Å². The molecule has 7 heteroatoms. The van der Waals surface area contributed by atoms with Crippen LogP contribution in [-0.4, -0.2) is 36.7 Å². The highest BCUT2D eigenvalue weighted by Gasteiger charge is 2.44. The molecule has 2 N–H and O–H groups in total. The maximum Gasteiger partial charge on any atom is 0.408 e. The molecule has 1 fully saturated rings. The Morgan fingerprint density at radius 2 is 1.80 bits per heavy atom. The van der Waals surface area contributed by atoms with Crippen molar-refractivity contribution in [3.63, 3.8) is 0 Å². The Morgan fingerprint density at radius 3 is 2.40 bits per heavy atom. The van der Waals surface area contributed by atoms with Gasteiger partial charge in [0.25, 0.3) is 0 Å². The SMILES string of the molecule is COC(=O)C1(NC(=O)[C@H](C)NC(=O)OCc2ccccc2)CCCC1. The highest BCUT2D eigenvalue weighted by Crippen LogP contribution is 2.30. The van der Waals surface area contributed by atoms with Crippen LogP contribution in [0.5, 0.6) is 0 Å². The van der Waals surface area contributed by atoms with Crippen LogP contribution in [-0.2, 0) is 25.7 Å². The molecule has 1 atom stereocenters. The molecule has 0 spiro atoms. The van der Waals surface area contributed by atoms with Gasteiger partial charge in [-0.25, -0.2) is 9.59 Å². The van der Waals surface area contributed by atoms with Gasteiger partial charge in [0, 0.05) is 0 Å². The van der Waals surface area contributed by atoms with Gasteiger partial charge in [0.1, 0.15) is 18.2 Å². The zero-order valence-electron chi connectivity index (χ0n) is 14.5. The number of alkyl carbamates (subject to hydrolysis) is 1. The average Bonchev–Trinajstić information content (AvgIpc) is 3.09. The van der Waals surface area contributed by atoms with Gasteiger partial charge < -0.3 is 20.1 Å². The van der Waals surface area contributed by atoms with Gasteiger partial charge >= 0.3 is 12.1 Å². The van der Waals surface area contributed by atoms with Crippen LogP contribution < -0.4 is 10.6 Å². The molecule has 1 saturated carbocycles. The van der Waals surface area contributed by atoms with E-state index < -0.39 is 29.6 Å². The summed E-state index contributed by atoms with van der Waals surface area (Å²) >= 11 is 0. The number of hydrogen-bond donors (Lipinski definition) is 2. The highest BCUT2D eigenvalue weighted by atomic mass is 16.5. The summed E-state index contributed by atoms with van der Waals surface area (Å²) < 4.78 is 9.91. The van der Waals surface area contributed by atoms with E-state index in [2.05, 4.69) is 10.6 Å². The molecule has 2 rings (SSSR count). The number of rotatable bonds is 6. The molecule has 7 nitrogen and oxygen atoms in total. The Balaban J connectivity index is 1.84. The molecule has 0 saturated heterocycles. The second-order valence-electron chi connectivity index (χ2n) is 6.20. The fourth-order valence-corrected chi connectivity index (χ4v) is 2.91. The van der Waals surface area contributed by atoms with Crippen LogP contribution in [0.15, 0.2) is 30.3 Å². The summed E-state index contributed by atoms with van der Waals surface area (Å²) in [5, 5.41) is 5.21. The number of hydrogen-bond acceptors (Lipinski definition) is 5. The van der Waals surface area contributed by atoms with Crippen LogP contribution in [0.4, 0.5) is 4.79 Å². The van der Waals surface area contributed by atoms with Crippen molar-refractivity contribution in [2.45, 2.75) is 50.8 Å². The fourth-order valence-electron chi connectivity index (χ4n) is 2.91. The highest BCUT2D eigenvalue weighted by molar-refractivity contribution is 5.91. The quantitative estimate of drug-likeness (QED) is 0.766. The molecule has 1 aromatic rings. The number of amides is 2. The van der Waals surface area contributed by atoms with Gasteiger partial charge in [0.05, 0.1) is 7.11 Å². The molecule has 136 valence electrons. The number of benzene rings is 1. The van der Waals surface area contributed by atoms with Gasteiger partial charge in [-0.15, -0.1) is 0 Å². The monoisotopic (exact) mass is 348 g/mol. The summed E-state index contributed by atoms with van der Waals surface area (Å²) in [5.74, 6) is -0.888. The van der Waals surface area contributed by atoms with Gasteiger partial charge in [0.2, 0.25) is 5.91 Å². The first-order chi connectivity index (χ1) is 12.0. The Labute approximate surface area is 147 Å². The third kappa shape index (κ3) is 4.95. The van der Waals surface area contributed by atoms with Crippen molar-refractivity contribution in [1.82, 2.24) is 10.6 Å². The van der Waals surface area contributed by atoms with Crippen molar-refractivity contribution in [2.24, 2.45) is 0 Å². The van der Waals surface area contributed by atoms with Crippen LogP contribution in [0, 0.1) is 0 Å². The molecular formula is C18H24N2O5. The topological polar surface area (TPSA) is 93.7 Å². The summed E-state index contributed by atoms with van der Waals surface area (Å²) in [6, 6.07) is 8.41. The van der Waals surface area contributed by atoms with Crippen molar-refractivity contribution in [2.75, 3.05) is 7.11 Å². The molecule has 0 heterocycles. The van der Waals surface area contributed by atoms with E-state index in [-0.39, 0.29) is 6.61 Å². The van der Waals surface area contributed by atoms with E-state index >= 15 is 0 Å². The Hall–Kier alpha value is -2.57. The maximum atomic E-state index is 12.3. The summed E-state index contributed by atoms with van der Waals surface area (Å²) in [6.07, 6.45) is 2.07. The van der Waals surface area contributed by atoms with Gasteiger partial charge in [-0.2, -0.15) is 0 Å². The zero-order chi connectivity index (χ0) is 18.3. The summed E-state index contributed by atoms with van der Waals surface area (Å²) in [4.78, 5) is 36.2. The van der Waals surface area contributed by atoms with Crippen molar-refractivity contribution in [3.05, 3.63) is 35.9 Å². The predicted molar refractivity (Wildman–Crippen MR) is 90.6 cm³/mol. The largest absolute Gasteiger partial charge is 0.467 e. The van der Waals surface area contributed by atoms with E-state index in [1.165, 1.54) is 7.11 Å². The number of nitrogens with one attached hydrogen (secondary N) is 2. The molecule has 2 amide bonds. The molecule has 1 aliphatic rings. The van der Waals surface area contributed by atoms with Gasteiger partial charge in [-0.3, -0.25) is 4.79 Å². The second kappa shape index (κ2) is 8.50. The average molecular weight is 348 g/mol. The number of carbonyl (C=O) groups is 3. The van der Waals surface area contributed by atoms with Crippen LogP contribution >= 0.6 is 0 Å². The van der Waals surface area contributed by atoms with Gasteiger partial charge in [-0.05, 0) is 25.3 Å². The van der Waals surface area contributed by atoms with Crippen LogP contribution in [0.2, 0.25) is 0 Å². The molecule has 0 unspecified atom stereocenters. The molecule has 0 aliphatic heterocycles. The smallest absolute Gasteiger partial charge is 0.408 e. The maximum absolute atomic E-state index is 12.3. The summed E-state index contributed by atoms with van der Waals surface area (Å²) in [6.45, 7) is 1.66. The number of ether oxygens (including phenoxy) is 2. The molecule has 0 radical (unpaired) electrons. The fraction of sp³-hybridized carbons (Fsp3) is 0.500. The Bertz CT molecular complexity index is 611. The molecular weight excluding hydrogens is 324 g/mol. The Kier molecular flexibility index (Phi) is 6.38. The van der Waals surface area contributed by atoms with E-state index in [1.54, 1.807) is 6.92 Å². The van der Waals surface area contributed by atoms with Crippen LogP contribution in [0.25, 0.3) is 0 Å². The molecule has 25 heavy (non-hydrogen) atoms. The third-order valence-electron chi connectivity index (χ3n) is 4.34. The minimum absolute atomic E-state index is 0.118. The van der Waals surface area contributed by atoms with Crippen molar-refractivity contribution >= 4 is 18.0 Å². The molecule has 1 aliphatic carbocycles. The molecule has 1 aromatic carbocycles. The van der Waals surface area contributed by atoms with Crippen molar-refractivity contribution in [1.29, 1.82) is 0 Å². The normalized spacial score (nSPS) is 16.6. The van der Waals surface area contributed by atoms with E-state index in [1.807, 2.05) is 30.3 Å². The van der Waals surface area contributed by atoms with Crippen molar-refractivity contribution in [3.8, 4) is 0 Å². The second-order valence-corrected chi connectivity index (χ2v) is 6.20. The third-order valence-corrected chi connectivity index (χ3v) is 4.34. The minimum Gasteiger partial charge on any atom is -0.467 e. The first-order valence-corrected chi connectivity index (χ1v) is 8.34. The summed E-state index contributed by atoms with van der Waals surface area (Å²) in [5.41, 5.74) is -0.138. The number of methoxy groups -OCH3 is 1. The first-order valence-electron chi connectivity index (χ1n) is 8.34. The minimum atomic E-state index is -0.990. The lowest BCUT2D eigenvalue weighted by atomic mass is 9.97. The number of carbonyl (C=O) groups excluding carboxylic acids is 3. The van der Waals surface area contributed by atoms with E-state index in [9.17, 15) is 14.4 Å². The summed E-state index contributed by atoms with van der Waals surface area (Å²) in [7, 11) is 1.30. The molecule has 0 bridgehead atoms. The molecule has 0 aromatic heterocycles. The standard InChI is InChI=1S/C18H24N2O5/c1-13(19-17(23)25-12-14-8-4-3-5-9-14)15(21)20-18(16(22)24-2)10-6-7-11-18/h3-5,8-9,13H,6-7,10-12H2,1-2H3,(H,19,23)(H,20,21)/t13-/m0/s1. The lowest BCUT2D eigenvalue weighted by Crippen LogP contribution is -2.57. The Morgan fingerprint density at radius 1 is 1.16 bits per heavy atom. The van der Waals surface area contributed by atoms with E-state index in [0.29, 0.717) is 12.8 Å². The van der Waals surface area contributed by atoms with Crippen LogP contribution in [0.1, 0.15) is 38.2 Å². The van der Waals surface area contributed by atoms with E-state index in [0.717, 1.165) is 18.4 Å². The lowest BCUT2D eigenvalue weighted by Gasteiger charge is -2.28. The predicted octanol–water partition coefficient (Wildman–Crippen LogP) is 1.90. The number of esters is 1. The van der Waals surface area contributed by atoms with Crippen LogP contribution in [0.3, 0.4) is 0 Å².